The number of urea groups is 1. The molecule has 6 nitrogen and oxygen atoms in total. The van der Waals surface area contributed by atoms with Gasteiger partial charge < -0.3 is 20.0 Å². The van der Waals surface area contributed by atoms with E-state index in [-0.39, 0.29) is 11.6 Å². The molecule has 2 amide bonds. The van der Waals surface area contributed by atoms with Crippen LogP contribution in [0.4, 0.5) is 10.5 Å². The third-order valence-corrected chi connectivity index (χ3v) is 7.24. The lowest BCUT2D eigenvalue weighted by Gasteiger charge is -2.42. The van der Waals surface area contributed by atoms with Crippen LogP contribution in [0.3, 0.4) is 0 Å². The van der Waals surface area contributed by atoms with Crippen LogP contribution in [-0.2, 0) is 12.1 Å². The van der Waals surface area contributed by atoms with Gasteiger partial charge in [0, 0.05) is 30.1 Å². The molecule has 2 N–H and O–H groups in total. The molecule has 1 unspecified atom stereocenters. The number of hydrogen-bond acceptors (Lipinski definition) is 4. The van der Waals surface area contributed by atoms with E-state index in [4.69, 9.17) is 16.0 Å². The lowest BCUT2D eigenvalue weighted by atomic mass is 9.74. The van der Waals surface area contributed by atoms with Crippen LogP contribution >= 0.6 is 11.6 Å². The van der Waals surface area contributed by atoms with Crippen molar-refractivity contribution in [3.63, 3.8) is 0 Å². The molecule has 5 rings (SSSR count). The second kappa shape index (κ2) is 7.18. The predicted octanol–water partition coefficient (Wildman–Crippen LogP) is 4.52. The minimum Gasteiger partial charge on any atom is -0.459 e. The van der Waals surface area contributed by atoms with Crippen LogP contribution in [0.2, 0.25) is 5.02 Å². The van der Waals surface area contributed by atoms with E-state index in [1.807, 2.05) is 6.07 Å². The van der Waals surface area contributed by atoms with Gasteiger partial charge in [0.15, 0.2) is 0 Å². The van der Waals surface area contributed by atoms with Crippen molar-refractivity contribution in [2.24, 2.45) is 0 Å². The van der Waals surface area contributed by atoms with Crippen molar-refractivity contribution in [2.75, 3.05) is 32.5 Å². The number of nitrogens with one attached hydrogen (secondary N) is 2. The standard InChI is InChI=1S/C22H29ClN4O2/c1-26(2)15-6-9-27(12-15)13-16-10-14-11-17(23)19-18(20(14)29-16)22(25-21(28)24-19)7-4-3-5-8-22/h10-11,15H,3-9,12-13H2,1-2H3,(H2,24,25,28). The van der Waals surface area contributed by atoms with Gasteiger partial charge in [0.1, 0.15) is 11.3 Å². The lowest BCUT2D eigenvalue weighted by Crippen LogP contribution is -2.52. The van der Waals surface area contributed by atoms with Gasteiger partial charge in [-0.25, -0.2) is 4.79 Å². The Kier molecular flexibility index (Phi) is 4.76. The molecule has 7 heteroatoms. The number of fused-ring (bicyclic) bond motifs is 4. The summed E-state index contributed by atoms with van der Waals surface area (Å²) in [6.07, 6.45) is 6.44. The lowest BCUT2D eigenvalue weighted by molar-refractivity contribution is 0.208. The van der Waals surface area contributed by atoms with Crippen molar-refractivity contribution in [1.82, 2.24) is 15.1 Å². The average Bonchev–Trinajstić information content (AvgIpc) is 3.29. The van der Waals surface area contributed by atoms with Gasteiger partial charge >= 0.3 is 6.03 Å². The fourth-order valence-corrected chi connectivity index (χ4v) is 5.67. The van der Waals surface area contributed by atoms with Crippen molar-refractivity contribution in [3.05, 3.63) is 28.5 Å². The van der Waals surface area contributed by atoms with Crippen molar-refractivity contribution in [2.45, 2.75) is 56.7 Å². The molecular weight excluding hydrogens is 388 g/mol. The molecule has 3 aliphatic rings. The molecule has 1 saturated heterocycles. The van der Waals surface area contributed by atoms with Crippen molar-refractivity contribution in [3.8, 4) is 0 Å². The first-order chi connectivity index (χ1) is 13.9. The number of likely N-dealkylation sites (tertiary alicyclic amines) is 1. The van der Waals surface area contributed by atoms with E-state index >= 15 is 0 Å². The van der Waals surface area contributed by atoms with Crippen LogP contribution in [0.1, 0.15) is 49.8 Å². The highest BCUT2D eigenvalue weighted by atomic mass is 35.5. The molecule has 0 radical (unpaired) electrons. The summed E-state index contributed by atoms with van der Waals surface area (Å²) < 4.78 is 6.44. The summed E-state index contributed by atoms with van der Waals surface area (Å²) in [4.78, 5) is 17.1. The van der Waals surface area contributed by atoms with Gasteiger partial charge in [0.05, 0.1) is 22.8 Å². The van der Waals surface area contributed by atoms with E-state index in [0.717, 1.165) is 73.3 Å². The topological polar surface area (TPSA) is 60.8 Å². The van der Waals surface area contributed by atoms with Crippen LogP contribution in [-0.4, -0.2) is 49.1 Å². The molecule has 2 fully saturated rings. The number of amides is 2. The van der Waals surface area contributed by atoms with Gasteiger partial charge in [0.25, 0.3) is 0 Å². The SMILES string of the molecule is CN(C)C1CCN(Cc2cc3cc(Cl)c4c(c3o2)C2(CCCCC2)NC(=O)N4)C1. The predicted molar refractivity (Wildman–Crippen MR) is 116 cm³/mol. The number of rotatable bonds is 3. The summed E-state index contributed by atoms with van der Waals surface area (Å²) >= 11 is 6.62. The van der Waals surface area contributed by atoms with E-state index in [9.17, 15) is 4.79 Å². The van der Waals surface area contributed by atoms with E-state index < -0.39 is 0 Å². The second-order valence-corrected chi connectivity index (χ2v) is 9.51. The maximum atomic E-state index is 12.4. The van der Waals surface area contributed by atoms with Gasteiger partial charge in [-0.15, -0.1) is 0 Å². The maximum Gasteiger partial charge on any atom is 0.319 e. The Morgan fingerprint density at radius 2 is 2.07 bits per heavy atom. The Labute approximate surface area is 176 Å². The zero-order valence-electron chi connectivity index (χ0n) is 17.2. The normalized spacial score (nSPS) is 24.1. The molecule has 156 valence electrons. The van der Waals surface area contributed by atoms with Gasteiger partial charge in [-0.1, -0.05) is 30.9 Å². The quantitative estimate of drug-likeness (QED) is 0.772. The van der Waals surface area contributed by atoms with Crippen LogP contribution in [0, 0.1) is 0 Å². The number of nitrogens with zero attached hydrogens (tertiary/aromatic N) is 2. The Bertz CT molecular complexity index is 948. The number of furan rings is 1. The fraction of sp³-hybridized carbons (Fsp3) is 0.591. The summed E-state index contributed by atoms with van der Waals surface area (Å²) in [5, 5.41) is 7.77. The number of anilines is 1. The molecular formula is C22H29ClN4O2. The van der Waals surface area contributed by atoms with E-state index in [1.54, 1.807) is 0 Å². The minimum absolute atomic E-state index is 0.167. The van der Waals surface area contributed by atoms with Crippen LogP contribution < -0.4 is 10.6 Å². The monoisotopic (exact) mass is 416 g/mol. The molecule has 2 aromatic rings. The zero-order chi connectivity index (χ0) is 20.2. The summed E-state index contributed by atoms with van der Waals surface area (Å²) in [6, 6.07) is 4.49. The van der Waals surface area contributed by atoms with Gasteiger partial charge in [-0.3, -0.25) is 4.90 Å². The number of halogens is 1. The molecule has 1 aromatic carbocycles. The third kappa shape index (κ3) is 3.31. The maximum absolute atomic E-state index is 12.4. The Morgan fingerprint density at radius 3 is 2.79 bits per heavy atom. The molecule has 1 atom stereocenters. The van der Waals surface area contributed by atoms with Crippen molar-refractivity contribution in [1.29, 1.82) is 0 Å². The second-order valence-electron chi connectivity index (χ2n) is 9.10. The largest absolute Gasteiger partial charge is 0.459 e. The molecule has 29 heavy (non-hydrogen) atoms. The molecule has 0 bridgehead atoms. The number of likely N-dealkylation sites (N-methyl/N-ethyl adjacent to an activating group) is 1. The van der Waals surface area contributed by atoms with E-state index in [0.29, 0.717) is 11.1 Å². The highest BCUT2D eigenvalue weighted by Gasteiger charge is 2.43. The summed E-state index contributed by atoms with van der Waals surface area (Å²) in [6.45, 7) is 2.95. The molecule has 1 aliphatic carbocycles. The van der Waals surface area contributed by atoms with Gasteiger partial charge in [-0.05, 0) is 45.5 Å². The molecule has 1 saturated carbocycles. The molecule has 1 spiro atoms. The highest BCUT2D eigenvalue weighted by molar-refractivity contribution is 6.35. The summed E-state index contributed by atoms with van der Waals surface area (Å²) in [5.41, 5.74) is 2.26. The number of carbonyl (C=O) groups is 1. The first kappa shape index (κ1) is 19.2. The number of hydrogen-bond donors (Lipinski definition) is 2. The summed E-state index contributed by atoms with van der Waals surface area (Å²) in [7, 11) is 4.29. The third-order valence-electron chi connectivity index (χ3n) is 6.94. The van der Waals surface area contributed by atoms with E-state index in [1.165, 1.54) is 12.8 Å². The van der Waals surface area contributed by atoms with Crippen LogP contribution in [0.25, 0.3) is 11.0 Å². The Hall–Kier alpha value is -1.76. The molecule has 3 heterocycles. The molecule has 1 aromatic heterocycles. The number of benzene rings is 1. The van der Waals surface area contributed by atoms with Gasteiger partial charge in [-0.2, -0.15) is 0 Å². The van der Waals surface area contributed by atoms with E-state index in [2.05, 4.69) is 40.6 Å². The van der Waals surface area contributed by atoms with Crippen molar-refractivity contribution < 1.29 is 9.21 Å². The number of carbonyl (C=O) groups excluding carboxylic acids is 1. The first-order valence-corrected chi connectivity index (χ1v) is 11.1. The minimum atomic E-state index is -0.377. The van der Waals surface area contributed by atoms with Crippen molar-refractivity contribution >= 4 is 34.3 Å². The Balaban J connectivity index is 1.53. The molecule has 2 aliphatic heterocycles. The van der Waals surface area contributed by atoms with Gasteiger partial charge in [0.2, 0.25) is 0 Å². The Morgan fingerprint density at radius 1 is 1.28 bits per heavy atom. The highest BCUT2D eigenvalue weighted by Crippen LogP contribution is 2.49. The smallest absolute Gasteiger partial charge is 0.319 e. The van der Waals surface area contributed by atoms with Crippen LogP contribution in [0.5, 0.6) is 0 Å². The average molecular weight is 417 g/mol. The first-order valence-electron chi connectivity index (χ1n) is 10.7. The zero-order valence-corrected chi connectivity index (χ0v) is 17.9. The van der Waals surface area contributed by atoms with Crippen LogP contribution in [0.15, 0.2) is 16.5 Å². The summed E-state index contributed by atoms with van der Waals surface area (Å²) in [5.74, 6) is 0.965. The fourth-order valence-electron chi connectivity index (χ4n) is 5.41.